The zero-order valence-electron chi connectivity index (χ0n) is 10.4. The van der Waals surface area contributed by atoms with Crippen molar-refractivity contribution in [2.24, 2.45) is 24.3 Å². The van der Waals surface area contributed by atoms with Gasteiger partial charge in [0.05, 0.1) is 0 Å². The number of carbonyl (C=O) groups is 1. The van der Waals surface area contributed by atoms with Crippen LogP contribution in [0.25, 0.3) is 11.2 Å². The van der Waals surface area contributed by atoms with Gasteiger partial charge in [0, 0.05) is 14.1 Å². The molecule has 0 spiro atoms. The van der Waals surface area contributed by atoms with Crippen molar-refractivity contribution >= 4 is 23.0 Å². The van der Waals surface area contributed by atoms with Crippen molar-refractivity contribution in [1.29, 1.82) is 5.26 Å². The first-order valence-electron chi connectivity index (χ1n) is 5.50. The zero-order chi connectivity index (χ0) is 14.6. The van der Waals surface area contributed by atoms with Crippen molar-refractivity contribution in [2.75, 3.05) is 0 Å². The van der Waals surface area contributed by atoms with E-state index in [1.54, 1.807) is 6.07 Å². The SMILES string of the molecule is Cn1c(=O)c2nc3n(c2n(C)c1=O)C(=O)C(C#N)N=N3. The summed E-state index contributed by atoms with van der Waals surface area (Å²) in [6, 6.07) is 0.373. The molecule has 10 nitrogen and oxygen atoms in total. The summed E-state index contributed by atoms with van der Waals surface area (Å²) in [4.78, 5) is 39.9. The molecule has 0 aromatic carbocycles. The second kappa shape index (κ2) is 3.70. The van der Waals surface area contributed by atoms with Gasteiger partial charge in [0.15, 0.2) is 11.2 Å². The van der Waals surface area contributed by atoms with Crippen molar-refractivity contribution < 1.29 is 4.79 Å². The molecule has 0 saturated carbocycles. The summed E-state index contributed by atoms with van der Waals surface area (Å²) in [5.74, 6) is -0.807. The largest absolute Gasteiger partial charge is 0.332 e. The van der Waals surface area contributed by atoms with Gasteiger partial charge in [-0.1, -0.05) is 0 Å². The van der Waals surface area contributed by atoms with Crippen molar-refractivity contribution in [3.8, 4) is 6.07 Å². The van der Waals surface area contributed by atoms with Gasteiger partial charge in [0.1, 0.15) is 6.07 Å². The molecule has 0 bridgehead atoms. The van der Waals surface area contributed by atoms with Crippen molar-refractivity contribution in [2.45, 2.75) is 6.04 Å². The highest BCUT2D eigenvalue weighted by atomic mass is 16.2. The van der Waals surface area contributed by atoms with Crippen LogP contribution in [0.2, 0.25) is 0 Å². The number of fused-ring (bicyclic) bond motifs is 3. The number of aryl methyl sites for hydroxylation is 1. The molecule has 0 saturated heterocycles. The molecule has 0 radical (unpaired) electrons. The lowest BCUT2D eigenvalue weighted by Crippen LogP contribution is -2.38. The molecule has 0 amide bonds. The molecule has 1 aliphatic rings. The van der Waals surface area contributed by atoms with E-state index in [0.717, 1.165) is 13.7 Å². The lowest BCUT2D eigenvalue weighted by molar-refractivity contribution is 0.0897. The fourth-order valence-electron chi connectivity index (χ4n) is 2.05. The molecule has 0 fully saturated rings. The van der Waals surface area contributed by atoms with E-state index in [4.69, 9.17) is 5.26 Å². The van der Waals surface area contributed by atoms with Crippen LogP contribution in [0.5, 0.6) is 0 Å². The summed E-state index contributed by atoms with van der Waals surface area (Å²) in [5.41, 5.74) is -1.30. The van der Waals surface area contributed by atoms with Crippen LogP contribution in [0.15, 0.2) is 19.8 Å². The highest BCUT2D eigenvalue weighted by Gasteiger charge is 2.31. The van der Waals surface area contributed by atoms with E-state index in [-0.39, 0.29) is 17.1 Å². The fraction of sp³-hybridized carbons (Fsp3) is 0.300. The number of nitriles is 1. The molecule has 3 rings (SSSR count). The Hall–Kier alpha value is -3.09. The first-order valence-corrected chi connectivity index (χ1v) is 5.50. The number of hydrogen-bond donors (Lipinski definition) is 0. The first kappa shape index (κ1) is 12.0. The van der Waals surface area contributed by atoms with Crippen LogP contribution in [0, 0.1) is 11.3 Å². The van der Waals surface area contributed by atoms with E-state index < -0.39 is 23.2 Å². The van der Waals surface area contributed by atoms with Gasteiger partial charge >= 0.3 is 5.69 Å². The molecule has 10 heteroatoms. The minimum atomic E-state index is -1.31. The number of imidazole rings is 1. The highest BCUT2D eigenvalue weighted by Crippen LogP contribution is 2.23. The monoisotopic (exact) mass is 273 g/mol. The molecular weight excluding hydrogens is 266 g/mol. The Labute approximate surface area is 110 Å². The van der Waals surface area contributed by atoms with E-state index in [2.05, 4.69) is 15.2 Å². The lowest BCUT2D eigenvalue weighted by Gasteiger charge is -2.11. The highest BCUT2D eigenvalue weighted by molar-refractivity contribution is 5.96. The predicted octanol–water partition coefficient (Wildman–Crippen LogP) is -0.937. The van der Waals surface area contributed by atoms with Crippen LogP contribution in [0.1, 0.15) is 4.79 Å². The lowest BCUT2D eigenvalue weighted by atomic mass is 10.3. The minimum absolute atomic E-state index is 0.0111. The maximum atomic E-state index is 12.1. The van der Waals surface area contributed by atoms with Crippen LogP contribution in [0.4, 0.5) is 5.95 Å². The van der Waals surface area contributed by atoms with Gasteiger partial charge in [-0.05, 0) is 0 Å². The number of carbonyl (C=O) groups excluding carboxylic acids is 1. The standard InChI is InChI=1S/C10H7N7O3/c1-15-6-5(8(19)16(2)10(15)20)12-9-14-13-4(3-11)7(18)17(6)9/h4H,1-2H3. The quantitative estimate of drug-likeness (QED) is 0.612. The Morgan fingerprint density at radius 1 is 1.20 bits per heavy atom. The number of rotatable bonds is 0. The van der Waals surface area contributed by atoms with Gasteiger partial charge in [-0.25, -0.2) is 14.3 Å². The summed E-state index contributed by atoms with van der Waals surface area (Å²) in [6.45, 7) is 0. The van der Waals surface area contributed by atoms with Crippen LogP contribution in [0.3, 0.4) is 0 Å². The van der Waals surface area contributed by atoms with Crippen LogP contribution < -0.4 is 11.2 Å². The van der Waals surface area contributed by atoms with Crippen LogP contribution in [-0.2, 0) is 14.1 Å². The van der Waals surface area contributed by atoms with Crippen molar-refractivity contribution in [3.63, 3.8) is 0 Å². The summed E-state index contributed by atoms with van der Waals surface area (Å²) in [7, 11) is 2.71. The molecule has 100 valence electrons. The molecular formula is C10H7N7O3. The third-order valence-corrected chi connectivity index (χ3v) is 3.07. The van der Waals surface area contributed by atoms with E-state index in [9.17, 15) is 14.4 Å². The summed E-state index contributed by atoms with van der Waals surface area (Å²) in [5, 5.41) is 16.0. The molecule has 0 aliphatic carbocycles. The number of aromatic nitrogens is 4. The Bertz CT molecular complexity index is 952. The molecule has 20 heavy (non-hydrogen) atoms. The van der Waals surface area contributed by atoms with Crippen molar-refractivity contribution in [1.82, 2.24) is 18.7 Å². The van der Waals surface area contributed by atoms with Crippen molar-refractivity contribution in [3.05, 3.63) is 20.8 Å². The van der Waals surface area contributed by atoms with E-state index in [0.29, 0.717) is 0 Å². The average Bonchev–Trinajstić information content (AvgIpc) is 2.83. The molecule has 2 aromatic heterocycles. The minimum Gasteiger partial charge on any atom is -0.280 e. The Kier molecular flexibility index (Phi) is 2.22. The number of nitrogens with zero attached hydrogens (tertiary/aromatic N) is 7. The maximum absolute atomic E-state index is 12.1. The second-order valence-corrected chi connectivity index (χ2v) is 4.21. The predicted molar refractivity (Wildman–Crippen MR) is 64.8 cm³/mol. The smallest absolute Gasteiger partial charge is 0.280 e. The maximum Gasteiger partial charge on any atom is 0.332 e. The summed E-state index contributed by atoms with van der Waals surface area (Å²) < 4.78 is 2.96. The summed E-state index contributed by atoms with van der Waals surface area (Å²) in [6.07, 6.45) is 0. The molecule has 1 atom stereocenters. The third kappa shape index (κ3) is 1.26. The Morgan fingerprint density at radius 2 is 1.90 bits per heavy atom. The van der Waals surface area contributed by atoms with Gasteiger partial charge in [-0.2, -0.15) is 10.4 Å². The number of azo groups is 1. The van der Waals surface area contributed by atoms with Gasteiger partial charge in [-0.15, -0.1) is 5.11 Å². The van der Waals surface area contributed by atoms with E-state index >= 15 is 0 Å². The Balaban J connectivity index is 2.55. The van der Waals surface area contributed by atoms with Gasteiger partial charge in [-0.3, -0.25) is 18.7 Å². The van der Waals surface area contributed by atoms with Gasteiger partial charge in [0.2, 0.25) is 6.04 Å². The molecule has 0 N–H and O–H groups in total. The number of hydrogen-bond acceptors (Lipinski definition) is 7. The van der Waals surface area contributed by atoms with E-state index in [1.165, 1.54) is 14.1 Å². The van der Waals surface area contributed by atoms with Gasteiger partial charge in [0.25, 0.3) is 17.4 Å². The van der Waals surface area contributed by atoms with Gasteiger partial charge < -0.3 is 0 Å². The molecule has 1 unspecified atom stereocenters. The molecule has 3 heterocycles. The molecule has 2 aromatic rings. The normalized spacial score (nSPS) is 17.2. The second-order valence-electron chi connectivity index (χ2n) is 4.21. The van der Waals surface area contributed by atoms with Crippen LogP contribution >= 0.6 is 0 Å². The topological polar surface area (TPSA) is 127 Å². The van der Waals surface area contributed by atoms with E-state index in [1.807, 2.05) is 0 Å². The third-order valence-electron chi connectivity index (χ3n) is 3.07. The van der Waals surface area contributed by atoms with Crippen LogP contribution in [-0.4, -0.2) is 30.6 Å². The Morgan fingerprint density at radius 3 is 2.55 bits per heavy atom. The first-order chi connectivity index (χ1) is 9.47. The zero-order valence-corrected chi connectivity index (χ0v) is 10.4. The summed E-state index contributed by atoms with van der Waals surface area (Å²) >= 11 is 0. The molecule has 1 aliphatic heterocycles. The average molecular weight is 273 g/mol. The fourth-order valence-corrected chi connectivity index (χ4v) is 2.05.